The van der Waals surface area contributed by atoms with Gasteiger partial charge in [0.25, 0.3) is 5.91 Å². The summed E-state index contributed by atoms with van der Waals surface area (Å²) in [6, 6.07) is 10.9. The molecule has 0 unspecified atom stereocenters. The number of aryl methyl sites for hydroxylation is 1. The Labute approximate surface area is 174 Å². The highest BCUT2D eigenvalue weighted by atomic mass is 32.1. The maximum Gasteiger partial charge on any atom is 0.291 e. The monoisotopic (exact) mass is 411 g/mol. The second-order valence-electron chi connectivity index (χ2n) is 6.25. The lowest BCUT2D eigenvalue weighted by molar-refractivity contribution is 0.0996. The number of aliphatic imine (C=N–C) groups is 1. The number of carbonyl (C=O) groups excluding carboxylic acids is 1. The van der Waals surface area contributed by atoms with Gasteiger partial charge in [-0.15, -0.1) is 11.3 Å². The summed E-state index contributed by atoms with van der Waals surface area (Å²) in [5, 5.41) is 10.4. The maximum atomic E-state index is 12.0. The molecular weight excluding hydrogens is 386 g/mol. The normalized spacial score (nSPS) is 11.3. The van der Waals surface area contributed by atoms with Crippen LogP contribution in [0.3, 0.4) is 0 Å². The molecule has 8 heteroatoms. The largest absolute Gasteiger partial charge is 0.459 e. The van der Waals surface area contributed by atoms with E-state index in [0.717, 1.165) is 29.5 Å². The van der Waals surface area contributed by atoms with Gasteiger partial charge in [-0.1, -0.05) is 19.1 Å². The molecule has 2 aromatic heterocycles. The predicted molar refractivity (Wildman–Crippen MR) is 116 cm³/mol. The van der Waals surface area contributed by atoms with E-state index in [9.17, 15) is 4.79 Å². The van der Waals surface area contributed by atoms with Crippen LogP contribution in [0.25, 0.3) is 0 Å². The third-order valence-corrected chi connectivity index (χ3v) is 5.22. The summed E-state index contributed by atoms with van der Waals surface area (Å²) in [6.07, 6.45) is 4.41. The number of rotatable bonds is 8. The first-order valence-corrected chi connectivity index (χ1v) is 10.4. The minimum Gasteiger partial charge on any atom is -0.459 e. The van der Waals surface area contributed by atoms with Crippen molar-refractivity contribution in [3.63, 3.8) is 0 Å². The Morgan fingerprint density at radius 3 is 2.66 bits per heavy atom. The van der Waals surface area contributed by atoms with Crippen molar-refractivity contribution in [3.8, 4) is 0 Å². The summed E-state index contributed by atoms with van der Waals surface area (Å²) in [4.78, 5) is 22.3. The molecule has 0 bridgehead atoms. The quantitative estimate of drug-likeness (QED) is 0.387. The first kappa shape index (κ1) is 20.6. The molecule has 3 N–H and O–H groups in total. The number of hydrogen-bond donors (Lipinski definition) is 3. The molecule has 152 valence electrons. The van der Waals surface area contributed by atoms with Gasteiger partial charge in [0, 0.05) is 23.3 Å². The Hall–Kier alpha value is -3.13. The van der Waals surface area contributed by atoms with Gasteiger partial charge in [0.1, 0.15) is 5.01 Å². The standard InChI is InChI=1S/C21H25N5O2S/c1-3-17-13-23-19(29-17)14-25-21(22-4-2)24-12-15-7-9-16(10-8-15)26-20(27)18-6-5-11-28-18/h5-11,13H,3-4,12,14H2,1-2H3,(H,26,27)(H2,22,24,25). The summed E-state index contributed by atoms with van der Waals surface area (Å²) in [7, 11) is 0. The molecule has 7 nitrogen and oxygen atoms in total. The highest BCUT2D eigenvalue weighted by molar-refractivity contribution is 7.11. The van der Waals surface area contributed by atoms with Gasteiger partial charge in [0.05, 0.1) is 19.4 Å². The van der Waals surface area contributed by atoms with E-state index in [1.807, 2.05) is 37.4 Å². The number of thiazole rings is 1. The van der Waals surface area contributed by atoms with Crippen LogP contribution in [0.15, 0.2) is 58.3 Å². The van der Waals surface area contributed by atoms with Gasteiger partial charge in [-0.3, -0.25) is 4.79 Å². The van der Waals surface area contributed by atoms with Crippen LogP contribution in [0.4, 0.5) is 5.69 Å². The predicted octanol–water partition coefficient (Wildman–Crippen LogP) is 3.81. The summed E-state index contributed by atoms with van der Waals surface area (Å²) in [5.41, 5.74) is 1.75. The zero-order valence-corrected chi connectivity index (χ0v) is 17.4. The second-order valence-corrected chi connectivity index (χ2v) is 7.45. The van der Waals surface area contributed by atoms with Gasteiger partial charge < -0.3 is 20.4 Å². The average molecular weight is 412 g/mol. The summed E-state index contributed by atoms with van der Waals surface area (Å²) < 4.78 is 5.09. The summed E-state index contributed by atoms with van der Waals surface area (Å²) in [5.74, 6) is 0.759. The van der Waals surface area contributed by atoms with E-state index >= 15 is 0 Å². The smallest absolute Gasteiger partial charge is 0.291 e. The molecule has 1 aromatic carbocycles. The molecule has 0 fully saturated rings. The Morgan fingerprint density at radius 1 is 1.17 bits per heavy atom. The van der Waals surface area contributed by atoms with E-state index < -0.39 is 0 Å². The topological polar surface area (TPSA) is 91.5 Å². The maximum absolute atomic E-state index is 12.0. The van der Waals surface area contributed by atoms with E-state index in [4.69, 9.17) is 4.42 Å². The van der Waals surface area contributed by atoms with Crippen molar-refractivity contribution in [2.75, 3.05) is 11.9 Å². The van der Waals surface area contributed by atoms with Gasteiger partial charge >= 0.3 is 0 Å². The number of benzene rings is 1. The number of nitrogens with one attached hydrogen (secondary N) is 3. The number of nitrogens with zero attached hydrogens (tertiary/aromatic N) is 2. The Morgan fingerprint density at radius 2 is 2.00 bits per heavy atom. The lowest BCUT2D eigenvalue weighted by atomic mass is 10.2. The zero-order chi connectivity index (χ0) is 20.5. The molecule has 0 aliphatic heterocycles. The molecule has 0 atom stereocenters. The van der Waals surface area contributed by atoms with Crippen molar-refractivity contribution >= 4 is 28.9 Å². The molecule has 0 aliphatic carbocycles. The SMILES string of the molecule is CCNC(=NCc1ccc(NC(=O)c2ccco2)cc1)NCc1ncc(CC)s1. The van der Waals surface area contributed by atoms with Gasteiger partial charge in [-0.05, 0) is 43.2 Å². The molecule has 0 spiro atoms. The molecule has 29 heavy (non-hydrogen) atoms. The minimum atomic E-state index is -0.271. The Kier molecular flexibility index (Phi) is 7.40. The lowest BCUT2D eigenvalue weighted by Crippen LogP contribution is -2.36. The number of amides is 1. The Balaban J connectivity index is 1.54. The molecule has 0 aliphatic rings. The first-order chi connectivity index (χ1) is 14.2. The number of aromatic nitrogens is 1. The summed E-state index contributed by atoms with van der Waals surface area (Å²) >= 11 is 1.72. The van der Waals surface area contributed by atoms with E-state index in [1.54, 1.807) is 23.5 Å². The molecule has 3 aromatic rings. The van der Waals surface area contributed by atoms with Crippen LogP contribution in [0.1, 0.15) is 39.9 Å². The van der Waals surface area contributed by atoms with Crippen molar-refractivity contribution in [2.45, 2.75) is 33.4 Å². The Bertz CT molecular complexity index is 932. The van der Waals surface area contributed by atoms with Crippen molar-refractivity contribution in [2.24, 2.45) is 4.99 Å². The van der Waals surface area contributed by atoms with Crippen LogP contribution in [-0.4, -0.2) is 23.4 Å². The van der Waals surface area contributed by atoms with Crippen LogP contribution in [0.2, 0.25) is 0 Å². The molecule has 0 radical (unpaired) electrons. The van der Waals surface area contributed by atoms with Crippen LogP contribution >= 0.6 is 11.3 Å². The van der Waals surface area contributed by atoms with E-state index in [2.05, 4.69) is 32.9 Å². The minimum absolute atomic E-state index is 0.271. The fourth-order valence-corrected chi connectivity index (χ4v) is 3.36. The molecule has 0 saturated heterocycles. The molecular formula is C21H25N5O2S. The number of anilines is 1. The number of guanidine groups is 1. The average Bonchev–Trinajstić information content (AvgIpc) is 3.43. The van der Waals surface area contributed by atoms with Crippen LogP contribution in [-0.2, 0) is 19.5 Å². The van der Waals surface area contributed by atoms with E-state index in [0.29, 0.717) is 18.8 Å². The van der Waals surface area contributed by atoms with Crippen LogP contribution in [0, 0.1) is 0 Å². The summed E-state index contributed by atoms with van der Waals surface area (Å²) in [6.45, 7) is 6.12. The van der Waals surface area contributed by atoms with Crippen molar-refractivity contribution < 1.29 is 9.21 Å². The highest BCUT2D eigenvalue weighted by Gasteiger charge is 2.08. The van der Waals surface area contributed by atoms with Crippen molar-refractivity contribution in [1.82, 2.24) is 15.6 Å². The van der Waals surface area contributed by atoms with Crippen LogP contribution in [0.5, 0.6) is 0 Å². The molecule has 2 heterocycles. The van der Waals surface area contributed by atoms with Gasteiger partial charge in [-0.25, -0.2) is 9.98 Å². The fourth-order valence-electron chi connectivity index (χ4n) is 2.56. The number of hydrogen-bond acceptors (Lipinski definition) is 5. The van der Waals surface area contributed by atoms with E-state index in [1.165, 1.54) is 11.1 Å². The van der Waals surface area contributed by atoms with Gasteiger partial charge in [-0.2, -0.15) is 0 Å². The van der Waals surface area contributed by atoms with Gasteiger partial charge in [0.15, 0.2) is 11.7 Å². The van der Waals surface area contributed by atoms with Crippen molar-refractivity contribution in [3.05, 3.63) is 70.1 Å². The molecule has 3 rings (SSSR count). The third kappa shape index (κ3) is 6.18. The third-order valence-electron chi connectivity index (χ3n) is 4.08. The van der Waals surface area contributed by atoms with Gasteiger partial charge in [0.2, 0.25) is 0 Å². The number of furan rings is 1. The van der Waals surface area contributed by atoms with Crippen LogP contribution < -0.4 is 16.0 Å². The zero-order valence-electron chi connectivity index (χ0n) is 16.6. The fraction of sp³-hybridized carbons (Fsp3) is 0.286. The van der Waals surface area contributed by atoms with Crippen molar-refractivity contribution in [1.29, 1.82) is 0 Å². The first-order valence-electron chi connectivity index (χ1n) is 9.57. The second kappa shape index (κ2) is 10.4. The number of carbonyl (C=O) groups is 1. The molecule has 1 amide bonds. The highest BCUT2D eigenvalue weighted by Crippen LogP contribution is 2.14. The molecule has 0 saturated carbocycles. The lowest BCUT2D eigenvalue weighted by Gasteiger charge is -2.10. The van der Waals surface area contributed by atoms with E-state index in [-0.39, 0.29) is 11.7 Å².